The Morgan fingerprint density at radius 3 is 2.61 bits per heavy atom. The van der Waals surface area contributed by atoms with E-state index in [1.807, 2.05) is 6.07 Å². The second kappa shape index (κ2) is 5.50. The third-order valence-electron chi connectivity index (χ3n) is 3.88. The van der Waals surface area contributed by atoms with Crippen LogP contribution in [-0.4, -0.2) is 23.1 Å². The number of fused-ring (bicyclic) bond motifs is 1. The van der Waals surface area contributed by atoms with Crippen LogP contribution in [-0.2, 0) is 0 Å². The summed E-state index contributed by atoms with van der Waals surface area (Å²) in [6.45, 7) is 0. The Morgan fingerprint density at radius 1 is 1.35 bits per heavy atom. The fourth-order valence-electron chi connectivity index (χ4n) is 2.70. The molecule has 2 heterocycles. The van der Waals surface area contributed by atoms with Gasteiger partial charge in [-0.3, -0.25) is 0 Å². The van der Waals surface area contributed by atoms with Gasteiger partial charge in [0, 0.05) is 6.42 Å². The maximum absolute atomic E-state index is 13.3. The minimum atomic E-state index is -4.44. The minimum absolute atomic E-state index is 0.0949. The Labute approximate surface area is 130 Å². The number of rotatable bonds is 2. The van der Waals surface area contributed by atoms with E-state index in [4.69, 9.17) is 10.00 Å². The third-order valence-corrected chi connectivity index (χ3v) is 3.88. The zero-order valence-electron chi connectivity index (χ0n) is 12.1. The number of methoxy groups -OCH3 is 1. The predicted molar refractivity (Wildman–Crippen MR) is 76.0 cm³/mol. The molecule has 0 unspecified atom stereocenters. The Balaban J connectivity index is 2.00. The summed E-state index contributed by atoms with van der Waals surface area (Å²) in [6, 6.07) is 6.33. The number of aromatic nitrogens is 2. The first-order valence-corrected chi connectivity index (χ1v) is 6.89. The molecular formula is C15H13F3N4O. The van der Waals surface area contributed by atoms with E-state index in [1.165, 1.54) is 7.11 Å². The second-order valence-electron chi connectivity index (χ2n) is 5.23. The molecule has 0 amide bonds. The van der Waals surface area contributed by atoms with Gasteiger partial charge in [-0.1, -0.05) is 12.1 Å². The smallest absolute Gasteiger partial charge is 0.410 e. The molecule has 1 aromatic carbocycles. The van der Waals surface area contributed by atoms with Crippen LogP contribution >= 0.6 is 0 Å². The summed E-state index contributed by atoms with van der Waals surface area (Å²) < 4.78 is 45.9. The van der Waals surface area contributed by atoms with Crippen LogP contribution < -0.4 is 10.1 Å². The normalized spacial score (nSPS) is 20.3. The van der Waals surface area contributed by atoms with Gasteiger partial charge in [0.05, 0.1) is 19.3 Å². The molecule has 0 saturated heterocycles. The van der Waals surface area contributed by atoms with E-state index in [-0.39, 0.29) is 17.8 Å². The van der Waals surface area contributed by atoms with Crippen molar-refractivity contribution in [3.8, 4) is 11.8 Å². The lowest BCUT2D eigenvalue weighted by molar-refractivity contribution is -0.173. The molecule has 0 bridgehead atoms. The monoisotopic (exact) mass is 322 g/mol. The Bertz CT molecular complexity index is 746. The highest BCUT2D eigenvalue weighted by molar-refractivity contribution is 5.54. The molecule has 0 saturated carbocycles. The highest BCUT2D eigenvalue weighted by Crippen LogP contribution is 2.44. The summed E-state index contributed by atoms with van der Waals surface area (Å²) in [5, 5.41) is 15.8. The number of anilines is 1. The largest absolute Gasteiger partial charge is 0.497 e. The third kappa shape index (κ3) is 2.70. The molecule has 1 aliphatic rings. The number of halogens is 3. The van der Waals surface area contributed by atoms with Gasteiger partial charge in [0.2, 0.25) is 0 Å². The molecule has 23 heavy (non-hydrogen) atoms. The Kier molecular flexibility index (Phi) is 3.64. The van der Waals surface area contributed by atoms with Gasteiger partial charge in [0.15, 0.2) is 6.04 Å². The molecule has 0 aliphatic carbocycles. The summed E-state index contributed by atoms with van der Waals surface area (Å²) in [5.74, 6) is 0.724. The van der Waals surface area contributed by atoms with Gasteiger partial charge in [0.1, 0.15) is 23.2 Å². The SMILES string of the molecule is COc1ccc([C@@H]2C[C@@H](C(F)(F)F)n3ncc(C#N)c3N2)cc1. The van der Waals surface area contributed by atoms with Gasteiger partial charge in [-0.05, 0) is 17.7 Å². The van der Waals surface area contributed by atoms with E-state index in [9.17, 15) is 13.2 Å². The lowest BCUT2D eigenvalue weighted by Crippen LogP contribution is -2.35. The number of hydrogen-bond donors (Lipinski definition) is 1. The van der Waals surface area contributed by atoms with Crippen molar-refractivity contribution in [1.29, 1.82) is 5.26 Å². The van der Waals surface area contributed by atoms with Gasteiger partial charge in [-0.25, -0.2) is 4.68 Å². The number of hydrogen-bond acceptors (Lipinski definition) is 4. The first-order valence-electron chi connectivity index (χ1n) is 6.89. The van der Waals surface area contributed by atoms with E-state index in [1.54, 1.807) is 24.3 Å². The topological polar surface area (TPSA) is 62.9 Å². The van der Waals surface area contributed by atoms with Gasteiger partial charge in [-0.15, -0.1) is 0 Å². The molecule has 2 atom stereocenters. The summed E-state index contributed by atoms with van der Waals surface area (Å²) in [7, 11) is 1.52. The van der Waals surface area contributed by atoms with Crippen LogP contribution in [0.2, 0.25) is 0 Å². The van der Waals surface area contributed by atoms with E-state index in [0.29, 0.717) is 11.3 Å². The minimum Gasteiger partial charge on any atom is -0.497 e. The summed E-state index contributed by atoms with van der Waals surface area (Å²) in [6.07, 6.45) is -3.49. The zero-order chi connectivity index (χ0) is 16.6. The van der Waals surface area contributed by atoms with Gasteiger partial charge < -0.3 is 10.1 Å². The Hall–Kier alpha value is -2.69. The van der Waals surface area contributed by atoms with Gasteiger partial charge in [-0.2, -0.15) is 23.5 Å². The van der Waals surface area contributed by atoms with Crippen LogP contribution in [0, 0.1) is 11.3 Å². The maximum atomic E-state index is 13.3. The van der Waals surface area contributed by atoms with Crippen molar-refractivity contribution in [2.24, 2.45) is 0 Å². The zero-order valence-corrected chi connectivity index (χ0v) is 12.1. The van der Waals surface area contributed by atoms with E-state index in [0.717, 1.165) is 10.9 Å². The van der Waals surface area contributed by atoms with Gasteiger partial charge in [0.25, 0.3) is 0 Å². The van der Waals surface area contributed by atoms with Crippen LogP contribution in [0.1, 0.15) is 29.6 Å². The van der Waals surface area contributed by atoms with E-state index >= 15 is 0 Å². The van der Waals surface area contributed by atoms with Crippen molar-refractivity contribution in [2.45, 2.75) is 24.7 Å². The molecule has 1 aliphatic heterocycles. The molecule has 5 nitrogen and oxygen atoms in total. The first-order chi connectivity index (χ1) is 10.9. The average Bonchev–Trinajstić information content (AvgIpc) is 2.96. The standard InChI is InChI=1S/C15H13F3N4O/c1-23-11-4-2-9(3-5-11)12-6-13(15(16,17)18)22-14(21-12)10(7-19)8-20-22/h2-5,8,12-13,21H,6H2,1H3/t12-,13-/m0/s1. The van der Waals surface area contributed by atoms with Crippen molar-refractivity contribution in [2.75, 3.05) is 12.4 Å². The van der Waals surface area contributed by atoms with Crippen LogP contribution in [0.5, 0.6) is 5.75 Å². The molecule has 8 heteroatoms. The summed E-state index contributed by atoms with van der Waals surface area (Å²) in [4.78, 5) is 0. The highest BCUT2D eigenvalue weighted by Gasteiger charge is 2.46. The molecule has 1 N–H and O–H groups in total. The number of nitrogens with zero attached hydrogens (tertiary/aromatic N) is 3. The second-order valence-corrected chi connectivity index (χ2v) is 5.23. The predicted octanol–water partition coefficient (Wildman–Crippen LogP) is 3.42. The molecular weight excluding hydrogens is 309 g/mol. The van der Waals surface area contributed by atoms with Crippen molar-refractivity contribution in [3.63, 3.8) is 0 Å². The molecule has 0 radical (unpaired) electrons. The van der Waals surface area contributed by atoms with Crippen LogP contribution in [0.3, 0.4) is 0 Å². The number of nitriles is 1. The fraction of sp³-hybridized carbons (Fsp3) is 0.333. The highest BCUT2D eigenvalue weighted by atomic mass is 19.4. The van der Waals surface area contributed by atoms with Gasteiger partial charge >= 0.3 is 6.18 Å². The van der Waals surface area contributed by atoms with E-state index < -0.39 is 18.3 Å². The molecule has 3 rings (SSSR count). The lowest BCUT2D eigenvalue weighted by atomic mass is 9.96. The van der Waals surface area contributed by atoms with Crippen LogP contribution in [0.25, 0.3) is 0 Å². The lowest BCUT2D eigenvalue weighted by Gasteiger charge is -2.33. The molecule has 2 aromatic rings. The van der Waals surface area contributed by atoms with Crippen LogP contribution in [0.15, 0.2) is 30.5 Å². The summed E-state index contributed by atoms with van der Waals surface area (Å²) >= 11 is 0. The summed E-state index contributed by atoms with van der Waals surface area (Å²) in [5.41, 5.74) is 0.786. The Morgan fingerprint density at radius 2 is 2.04 bits per heavy atom. The van der Waals surface area contributed by atoms with Crippen molar-refractivity contribution < 1.29 is 17.9 Å². The number of alkyl halides is 3. The number of nitrogens with one attached hydrogen (secondary N) is 1. The molecule has 1 aromatic heterocycles. The molecule has 0 fully saturated rings. The quantitative estimate of drug-likeness (QED) is 0.920. The van der Waals surface area contributed by atoms with Crippen LogP contribution in [0.4, 0.5) is 19.0 Å². The number of ether oxygens (including phenoxy) is 1. The maximum Gasteiger partial charge on any atom is 0.410 e. The van der Waals surface area contributed by atoms with E-state index in [2.05, 4.69) is 10.4 Å². The van der Waals surface area contributed by atoms with Crippen molar-refractivity contribution in [1.82, 2.24) is 9.78 Å². The molecule has 0 spiro atoms. The number of benzene rings is 1. The van der Waals surface area contributed by atoms with Crippen molar-refractivity contribution in [3.05, 3.63) is 41.6 Å². The fourth-order valence-corrected chi connectivity index (χ4v) is 2.70. The van der Waals surface area contributed by atoms with Crippen molar-refractivity contribution >= 4 is 5.82 Å². The molecule has 120 valence electrons. The first kappa shape index (κ1) is 15.2. The average molecular weight is 322 g/mol.